The van der Waals surface area contributed by atoms with Gasteiger partial charge in [0.15, 0.2) is 0 Å². The number of carbonyl (C=O) groups excluding carboxylic acids is 1. The maximum Gasteiger partial charge on any atom is 0.242 e. The minimum absolute atomic E-state index is 0.0921. The minimum atomic E-state index is -0.0921. The van der Waals surface area contributed by atoms with Gasteiger partial charge < -0.3 is 18.9 Å². The Kier molecular flexibility index (Phi) is 4.91. The Morgan fingerprint density at radius 2 is 2.07 bits per heavy atom. The van der Waals surface area contributed by atoms with Gasteiger partial charge in [-0.25, -0.2) is 0 Å². The highest BCUT2D eigenvalue weighted by molar-refractivity contribution is 5.83. The fraction of sp³-hybridized carbons (Fsp3) is 0.350. The van der Waals surface area contributed by atoms with Crippen LogP contribution >= 0.6 is 0 Å². The first-order chi connectivity index (χ1) is 13.2. The summed E-state index contributed by atoms with van der Waals surface area (Å²) in [6, 6.07) is 10.1. The minimum Gasteiger partial charge on any atom is -0.480 e. The number of fused-ring (bicyclic) bond motifs is 1. The predicted molar refractivity (Wildman–Crippen MR) is 101 cm³/mol. The lowest BCUT2D eigenvalue weighted by molar-refractivity contribution is -0.134. The largest absolute Gasteiger partial charge is 0.480 e. The molecular formula is C20H22N4O3. The van der Waals surface area contributed by atoms with Crippen molar-refractivity contribution >= 4 is 16.8 Å². The molecule has 0 saturated carbocycles. The summed E-state index contributed by atoms with van der Waals surface area (Å²) in [5, 5.41) is 1.14. The number of rotatable bonds is 5. The molecule has 7 heteroatoms. The Morgan fingerprint density at radius 3 is 2.96 bits per heavy atom. The molecule has 140 valence electrons. The Bertz CT molecular complexity index is 940. The second-order valence-electron chi connectivity index (χ2n) is 6.62. The number of benzene rings is 1. The number of hydrogen-bond donors (Lipinski definition) is 0. The van der Waals surface area contributed by atoms with E-state index in [-0.39, 0.29) is 12.0 Å². The number of piperidine rings is 1. The molecule has 27 heavy (non-hydrogen) atoms. The van der Waals surface area contributed by atoms with Crippen molar-refractivity contribution in [3.05, 3.63) is 48.9 Å². The molecule has 1 atom stereocenters. The molecule has 1 aromatic carbocycles. The van der Waals surface area contributed by atoms with Crippen LogP contribution < -0.4 is 9.47 Å². The van der Waals surface area contributed by atoms with Gasteiger partial charge in [0, 0.05) is 18.3 Å². The summed E-state index contributed by atoms with van der Waals surface area (Å²) in [4.78, 5) is 23.0. The molecule has 4 rings (SSSR count). The molecule has 1 aliphatic rings. The zero-order valence-corrected chi connectivity index (χ0v) is 15.2. The number of ether oxygens (including phenoxy) is 2. The van der Waals surface area contributed by atoms with Crippen molar-refractivity contribution in [2.45, 2.75) is 25.5 Å². The number of methoxy groups -OCH3 is 1. The molecule has 1 aliphatic heterocycles. The highest BCUT2D eigenvalue weighted by Gasteiger charge is 2.25. The Balaban J connectivity index is 1.40. The first-order valence-electron chi connectivity index (χ1n) is 9.07. The lowest BCUT2D eigenvalue weighted by Gasteiger charge is -2.32. The van der Waals surface area contributed by atoms with Crippen molar-refractivity contribution in [2.24, 2.45) is 0 Å². The summed E-state index contributed by atoms with van der Waals surface area (Å²) in [6.07, 6.45) is 6.76. The third-order valence-corrected chi connectivity index (χ3v) is 4.80. The molecule has 1 unspecified atom stereocenters. The first kappa shape index (κ1) is 17.3. The highest BCUT2D eigenvalue weighted by atomic mass is 16.5. The monoisotopic (exact) mass is 366 g/mol. The molecule has 1 saturated heterocycles. The third-order valence-electron chi connectivity index (χ3n) is 4.80. The van der Waals surface area contributed by atoms with E-state index < -0.39 is 0 Å². The molecule has 0 aliphatic carbocycles. The zero-order chi connectivity index (χ0) is 18.6. The Labute approximate surface area is 157 Å². The van der Waals surface area contributed by atoms with Gasteiger partial charge >= 0.3 is 0 Å². The number of hydrogen-bond acceptors (Lipinski definition) is 5. The van der Waals surface area contributed by atoms with Gasteiger partial charge in [0.25, 0.3) is 0 Å². The lowest BCUT2D eigenvalue weighted by Crippen LogP contribution is -2.45. The first-order valence-corrected chi connectivity index (χ1v) is 9.07. The van der Waals surface area contributed by atoms with Crippen molar-refractivity contribution in [3.63, 3.8) is 0 Å². The summed E-state index contributed by atoms with van der Waals surface area (Å²) in [5.74, 6) is 0.933. The quantitative estimate of drug-likeness (QED) is 0.694. The van der Waals surface area contributed by atoms with E-state index in [2.05, 4.69) is 16.0 Å². The van der Waals surface area contributed by atoms with Crippen LogP contribution in [0.15, 0.2) is 48.9 Å². The molecule has 0 N–H and O–H groups in total. The summed E-state index contributed by atoms with van der Waals surface area (Å²) < 4.78 is 13.0. The molecule has 1 fully saturated rings. The van der Waals surface area contributed by atoms with Gasteiger partial charge in [-0.2, -0.15) is 4.98 Å². The summed E-state index contributed by atoms with van der Waals surface area (Å²) >= 11 is 0. The second-order valence-corrected chi connectivity index (χ2v) is 6.62. The van der Waals surface area contributed by atoms with Gasteiger partial charge in [0.1, 0.15) is 12.6 Å². The van der Waals surface area contributed by atoms with Gasteiger partial charge in [-0.1, -0.05) is 18.2 Å². The molecule has 0 bridgehead atoms. The number of amides is 1. The zero-order valence-electron chi connectivity index (χ0n) is 15.2. The van der Waals surface area contributed by atoms with E-state index >= 15 is 0 Å². The van der Waals surface area contributed by atoms with Gasteiger partial charge in [-0.05, 0) is 30.4 Å². The van der Waals surface area contributed by atoms with Crippen molar-refractivity contribution in [1.29, 1.82) is 0 Å². The maximum atomic E-state index is 12.8. The van der Waals surface area contributed by atoms with Crippen LogP contribution in [0.3, 0.4) is 0 Å². The number of carbonyl (C=O) groups is 1. The molecule has 0 spiro atoms. The fourth-order valence-electron chi connectivity index (χ4n) is 3.44. The fourth-order valence-corrected chi connectivity index (χ4v) is 3.44. The highest BCUT2D eigenvalue weighted by Crippen LogP contribution is 2.19. The third kappa shape index (κ3) is 3.86. The van der Waals surface area contributed by atoms with E-state index in [0.717, 1.165) is 30.3 Å². The maximum absolute atomic E-state index is 12.8. The topological polar surface area (TPSA) is 69.5 Å². The molecule has 2 aromatic heterocycles. The van der Waals surface area contributed by atoms with E-state index in [1.807, 2.05) is 39.9 Å². The predicted octanol–water partition coefficient (Wildman–Crippen LogP) is 2.51. The number of likely N-dealkylation sites (tertiary alicyclic amines) is 1. The molecule has 3 heterocycles. The van der Waals surface area contributed by atoms with Crippen molar-refractivity contribution in [2.75, 3.05) is 20.2 Å². The second kappa shape index (κ2) is 7.65. The van der Waals surface area contributed by atoms with Crippen LogP contribution in [-0.2, 0) is 11.3 Å². The lowest BCUT2D eigenvalue weighted by atomic mass is 10.1. The Morgan fingerprint density at radius 1 is 1.22 bits per heavy atom. The standard InChI is InChI=1S/C20H22N4O3/c1-26-18-11-21-12-19(22-18)27-16-6-4-9-24(13-16)20(25)14-23-10-8-15-5-2-3-7-17(15)23/h2-3,5,7-8,10-12,16H,4,6,9,13-14H2,1H3. The molecule has 7 nitrogen and oxygen atoms in total. The molecule has 0 radical (unpaired) electrons. The number of nitrogens with zero attached hydrogens (tertiary/aromatic N) is 4. The summed E-state index contributed by atoms with van der Waals surface area (Å²) in [5.41, 5.74) is 1.07. The van der Waals surface area contributed by atoms with Crippen LogP contribution in [0.2, 0.25) is 0 Å². The van der Waals surface area contributed by atoms with Crippen LogP contribution in [0.1, 0.15) is 12.8 Å². The van der Waals surface area contributed by atoms with Crippen LogP contribution in [0, 0.1) is 0 Å². The van der Waals surface area contributed by atoms with E-state index in [0.29, 0.717) is 24.8 Å². The normalized spacial score (nSPS) is 17.1. The SMILES string of the molecule is COc1cncc(OC2CCCN(C(=O)Cn3ccc4ccccc43)C2)n1. The van der Waals surface area contributed by atoms with Gasteiger partial charge in [-0.3, -0.25) is 9.78 Å². The van der Waals surface area contributed by atoms with Crippen LogP contribution in [0.5, 0.6) is 11.8 Å². The molecule has 3 aromatic rings. The smallest absolute Gasteiger partial charge is 0.242 e. The summed E-state index contributed by atoms with van der Waals surface area (Å²) in [6.45, 7) is 1.64. The van der Waals surface area contributed by atoms with Gasteiger partial charge in [0.2, 0.25) is 17.7 Å². The summed E-state index contributed by atoms with van der Waals surface area (Å²) in [7, 11) is 1.54. The number of aromatic nitrogens is 3. The van der Waals surface area contributed by atoms with Crippen LogP contribution in [-0.4, -0.2) is 51.6 Å². The van der Waals surface area contributed by atoms with Crippen molar-refractivity contribution < 1.29 is 14.3 Å². The number of para-hydroxylation sites is 1. The Hall–Kier alpha value is -3.09. The van der Waals surface area contributed by atoms with E-state index in [1.54, 1.807) is 13.3 Å². The van der Waals surface area contributed by atoms with Crippen molar-refractivity contribution in [3.8, 4) is 11.8 Å². The van der Waals surface area contributed by atoms with E-state index in [9.17, 15) is 4.79 Å². The van der Waals surface area contributed by atoms with Crippen molar-refractivity contribution in [1.82, 2.24) is 19.4 Å². The molecular weight excluding hydrogens is 344 g/mol. The average Bonchev–Trinajstić information content (AvgIpc) is 3.11. The van der Waals surface area contributed by atoms with Gasteiger partial charge in [0.05, 0.1) is 26.0 Å². The van der Waals surface area contributed by atoms with E-state index in [1.165, 1.54) is 6.20 Å². The van der Waals surface area contributed by atoms with Crippen LogP contribution in [0.25, 0.3) is 10.9 Å². The average molecular weight is 366 g/mol. The van der Waals surface area contributed by atoms with E-state index in [4.69, 9.17) is 9.47 Å². The molecule has 1 amide bonds. The van der Waals surface area contributed by atoms with Crippen LogP contribution in [0.4, 0.5) is 0 Å². The van der Waals surface area contributed by atoms with Gasteiger partial charge in [-0.15, -0.1) is 0 Å².